The van der Waals surface area contributed by atoms with E-state index in [0.29, 0.717) is 36.4 Å². The van der Waals surface area contributed by atoms with E-state index in [2.05, 4.69) is 13.8 Å². The van der Waals surface area contributed by atoms with E-state index < -0.39 is 0 Å². The molecule has 8 atom stereocenters. The molecule has 0 bridgehead atoms. The van der Waals surface area contributed by atoms with E-state index in [-0.39, 0.29) is 29.0 Å². The predicted octanol–water partition coefficient (Wildman–Crippen LogP) is 2.93. The maximum atomic E-state index is 11.9. The van der Waals surface area contributed by atoms with Crippen molar-refractivity contribution in [3.05, 3.63) is 0 Å². The molecule has 0 aromatic rings. The number of aliphatic hydroxyl groups excluding tert-OH is 2. The third kappa shape index (κ3) is 1.84. The van der Waals surface area contributed by atoms with Crippen molar-refractivity contribution in [3.63, 3.8) is 0 Å². The fraction of sp³-hybridized carbons (Fsp3) is 0.947. The highest BCUT2D eigenvalue weighted by atomic mass is 16.3. The van der Waals surface area contributed by atoms with Crippen molar-refractivity contribution < 1.29 is 15.0 Å². The van der Waals surface area contributed by atoms with E-state index >= 15 is 0 Å². The van der Waals surface area contributed by atoms with Crippen LogP contribution in [0.25, 0.3) is 0 Å². The molecule has 22 heavy (non-hydrogen) atoms. The van der Waals surface area contributed by atoms with Crippen LogP contribution in [0.3, 0.4) is 0 Å². The number of carbonyl (C=O) groups excluding carboxylic acids is 1. The first-order chi connectivity index (χ1) is 10.4. The lowest BCUT2D eigenvalue weighted by molar-refractivity contribution is -0.168. The Kier molecular flexibility index (Phi) is 3.30. The monoisotopic (exact) mass is 306 g/mol. The average Bonchev–Trinajstić information content (AvgIpc) is 2.77. The van der Waals surface area contributed by atoms with Crippen LogP contribution < -0.4 is 0 Å². The first kappa shape index (κ1) is 15.1. The van der Waals surface area contributed by atoms with Crippen molar-refractivity contribution in [2.24, 2.45) is 34.5 Å². The molecule has 3 unspecified atom stereocenters. The summed E-state index contributed by atoms with van der Waals surface area (Å²) in [4.78, 5) is 11.9. The van der Waals surface area contributed by atoms with Gasteiger partial charge >= 0.3 is 0 Å². The van der Waals surface area contributed by atoms with Crippen LogP contribution in [-0.4, -0.2) is 28.2 Å². The van der Waals surface area contributed by atoms with Crippen LogP contribution in [-0.2, 0) is 4.79 Å². The smallest absolute Gasteiger partial charge is 0.133 e. The highest BCUT2D eigenvalue weighted by Crippen LogP contribution is 2.65. The molecule has 0 spiro atoms. The molecule has 0 aliphatic heterocycles. The van der Waals surface area contributed by atoms with E-state index in [9.17, 15) is 15.0 Å². The lowest BCUT2D eigenvalue weighted by atomic mass is 9.44. The summed E-state index contributed by atoms with van der Waals surface area (Å²) in [5, 5.41) is 21.2. The third-order valence-electron chi connectivity index (χ3n) is 8.45. The topological polar surface area (TPSA) is 57.5 Å². The highest BCUT2D eigenvalue weighted by molar-refractivity contribution is 5.79. The maximum Gasteiger partial charge on any atom is 0.133 e. The second-order valence-electron chi connectivity index (χ2n) is 9.17. The predicted molar refractivity (Wildman–Crippen MR) is 84.1 cm³/mol. The zero-order valence-electron chi connectivity index (χ0n) is 13.9. The molecule has 124 valence electrons. The largest absolute Gasteiger partial charge is 0.393 e. The molecule has 3 heteroatoms. The molecule has 4 aliphatic carbocycles. The van der Waals surface area contributed by atoms with Crippen LogP contribution in [0.4, 0.5) is 0 Å². The van der Waals surface area contributed by atoms with Gasteiger partial charge in [-0.05, 0) is 73.0 Å². The van der Waals surface area contributed by atoms with Crippen molar-refractivity contribution in [1.82, 2.24) is 0 Å². The van der Waals surface area contributed by atoms with Gasteiger partial charge in [0.25, 0.3) is 0 Å². The molecule has 0 aromatic heterocycles. The van der Waals surface area contributed by atoms with Gasteiger partial charge in [-0.1, -0.05) is 13.8 Å². The lowest BCUT2D eigenvalue weighted by Gasteiger charge is -2.61. The Morgan fingerprint density at radius 1 is 0.955 bits per heavy atom. The maximum absolute atomic E-state index is 11.9. The van der Waals surface area contributed by atoms with E-state index in [1.807, 2.05) is 0 Å². The first-order valence-electron chi connectivity index (χ1n) is 9.24. The number of aliphatic hydroxyl groups is 2. The van der Waals surface area contributed by atoms with Gasteiger partial charge in [0.05, 0.1) is 12.2 Å². The molecular weight excluding hydrogens is 276 g/mol. The Labute approximate surface area is 133 Å². The molecule has 2 N–H and O–H groups in total. The van der Waals surface area contributed by atoms with Crippen molar-refractivity contribution in [2.75, 3.05) is 0 Å². The minimum Gasteiger partial charge on any atom is -0.393 e. The van der Waals surface area contributed by atoms with Gasteiger partial charge in [-0.25, -0.2) is 0 Å². The number of carbonyl (C=O) groups is 1. The van der Waals surface area contributed by atoms with Gasteiger partial charge in [0.1, 0.15) is 5.78 Å². The number of Topliss-reactive ketones (excluding diaryl/α,β-unsaturated/α-hetero) is 1. The third-order valence-corrected chi connectivity index (χ3v) is 8.45. The van der Waals surface area contributed by atoms with Crippen molar-refractivity contribution in [1.29, 1.82) is 0 Å². The average molecular weight is 306 g/mol. The number of fused-ring (bicyclic) bond motifs is 5. The molecule has 0 heterocycles. The summed E-state index contributed by atoms with van der Waals surface area (Å²) < 4.78 is 0. The molecule has 0 saturated heterocycles. The Morgan fingerprint density at radius 3 is 2.45 bits per heavy atom. The fourth-order valence-corrected chi connectivity index (χ4v) is 7.06. The van der Waals surface area contributed by atoms with Gasteiger partial charge in [-0.15, -0.1) is 0 Å². The molecule has 0 aromatic carbocycles. The normalized spacial score (nSPS) is 57.9. The van der Waals surface area contributed by atoms with E-state index in [0.717, 1.165) is 32.1 Å². The molecule has 4 aliphatic rings. The van der Waals surface area contributed by atoms with Gasteiger partial charge in [0, 0.05) is 12.8 Å². The van der Waals surface area contributed by atoms with E-state index in [1.165, 1.54) is 6.42 Å². The van der Waals surface area contributed by atoms with Gasteiger partial charge in [0.2, 0.25) is 0 Å². The SMILES string of the molecule is C[C@]12CCC(=O)CC1C(O)C[C@@H]1[C@H]2CC[C@]2(C)C(O)CC[C@@H]12. The summed E-state index contributed by atoms with van der Waals surface area (Å²) in [6.45, 7) is 4.62. The summed E-state index contributed by atoms with van der Waals surface area (Å²) in [7, 11) is 0. The molecule has 4 rings (SSSR count). The number of hydrogen-bond acceptors (Lipinski definition) is 3. The quantitative estimate of drug-likeness (QED) is 0.723. The Bertz CT molecular complexity index is 489. The van der Waals surface area contributed by atoms with Crippen LogP contribution >= 0.6 is 0 Å². The lowest BCUT2D eigenvalue weighted by Crippen LogP contribution is -2.58. The second kappa shape index (κ2) is 4.80. The summed E-state index contributed by atoms with van der Waals surface area (Å²) in [6.07, 6.45) is 6.95. The summed E-state index contributed by atoms with van der Waals surface area (Å²) >= 11 is 0. The molecule has 3 nitrogen and oxygen atoms in total. The Balaban J connectivity index is 1.68. The first-order valence-corrected chi connectivity index (χ1v) is 9.24. The number of hydrogen-bond donors (Lipinski definition) is 2. The van der Waals surface area contributed by atoms with Crippen LogP contribution in [0.5, 0.6) is 0 Å². The van der Waals surface area contributed by atoms with E-state index in [4.69, 9.17) is 0 Å². The summed E-state index contributed by atoms with van der Waals surface area (Å²) in [5.41, 5.74) is 0.194. The van der Waals surface area contributed by atoms with Crippen LogP contribution in [0, 0.1) is 34.5 Å². The molecule has 0 amide bonds. The van der Waals surface area contributed by atoms with Crippen molar-refractivity contribution >= 4 is 5.78 Å². The minimum absolute atomic E-state index is 0.0641. The van der Waals surface area contributed by atoms with Gasteiger partial charge in [-0.3, -0.25) is 4.79 Å². The summed E-state index contributed by atoms with van der Waals surface area (Å²) in [5.74, 6) is 2.26. The van der Waals surface area contributed by atoms with Crippen LogP contribution in [0.15, 0.2) is 0 Å². The van der Waals surface area contributed by atoms with Crippen LogP contribution in [0.2, 0.25) is 0 Å². The van der Waals surface area contributed by atoms with Crippen molar-refractivity contribution in [2.45, 2.75) is 77.4 Å². The number of rotatable bonds is 0. The van der Waals surface area contributed by atoms with Gasteiger partial charge in [0.15, 0.2) is 0 Å². The van der Waals surface area contributed by atoms with Gasteiger partial charge < -0.3 is 10.2 Å². The molecular formula is C19H30O3. The zero-order chi connectivity index (χ0) is 15.7. The van der Waals surface area contributed by atoms with Crippen LogP contribution in [0.1, 0.15) is 65.2 Å². The molecule has 4 saturated carbocycles. The Morgan fingerprint density at radius 2 is 1.68 bits per heavy atom. The van der Waals surface area contributed by atoms with Gasteiger partial charge in [-0.2, -0.15) is 0 Å². The van der Waals surface area contributed by atoms with E-state index in [1.54, 1.807) is 0 Å². The minimum atomic E-state index is -0.324. The molecule has 0 radical (unpaired) electrons. The second-order valence-corrected chi connectivity index (χ2v) is 9.17. The Hall–Kier alpha value is -0.410. The summed E-state index contributed by atoms with van der Waals surface area (Å²) in [6, 6.07) is 0. The molecule has 4 fully saturated rings. The zero-order valence-corrected chi connectivity index (χ0v) is 13.9. The van der Waals surface area contributed by atoms with Crippen molar-refractivity contribution in [3.8, 4) is 0 Å². The fourth-order valence-electron chi connectivity index (χ4n) is 7.06. The highest BCUT2D eigenvalue weighted by Gasteiger charge is 2.61. The number of ketones is 1. The standard InChI is InChI=1S/C19H30O3/c1-18-7-5-11(20)9-15(18)16(21)10-12-13-3-4-17(22)19(13,2)8-6-14(12)18/h12-17,21-22H,3-10H2,1-2H3/t12-,13-,14+,15?,16?,17?,18+,19-/m0/s1.